The average molecular weight is 340 g/mol. The fraction of sp³-hybridized carbons (Fsp3) is 0.167. The summed E-state index contributed by atoms with van der Waals surface area (Å²) in [4.78, 5) is 39.7. The number of carbonyl (C=O) groups is 3. The van der Waals surface area contributed by atoms with E-state index >= 15 is 0 Å². The molecule has 1 aliphatic heterocycles. The van der Waals surface area contributed by atoms with Crippen molar-refractivity contribution in [2.24, 2.45) is 0 Å². The van der Waals surface area contributed by atoms with E-state index in [0.29, 0.717) is 11.5 Å². The SMILES string of the molecule is COc1ccccc1N1C(=O)CC(=O)N(c2ccccc2OC)C1=O. The summed E-state index contributed by atoms with van der Waals surface area (Å²) in [6.45, 7) is 0. The highest BCUT2D eigenvalue weighted by molar-refractivity contribution is 6.35. The first kappa shape index (κ1) is 16.5. The topological polar surface area (TPSA) is 76.2 Å². The van der Waals surface area contributed by atoms with Crippen LogP contribution in [0.25, 0.3) is 0 Å². The summed E-state index contributed by atoms with van der Waals surface area (Å²) in [7, 11) is 2.89. The van der Waals surface area contributed by atoms with E-state index in [-0.39, 0.29) is 11.4 Å². The van der Waals surface area contributed by atoms with Crippen LogP contribution in [-0.2, 0) is 9.59 Å². The van der Waals surface area contributed by atoms with Crippen LogP contribution in [0.4, 0.5) is 16.2 Å². The van der Waals surface area contributed by atoms with Crippen molar-refractivity contribution >= 4 is 29.2 Å². The molecule has 128 valence electrons. The quantitative estimate of drug-likeness (QED) is 0.800. The molecule has 1 saturated heterocycles. The van der Waals surface area contributed by atoms with Crippen LogP contribution in [0.3, 0.4) is 0 Å². The first-order chi connectivity index (χ1) is 12.1. The number of barbiturate groups is 1. The highest BCUT2D eigenvalue weighted by atomic mass is 16.5. The zero-order valence-corrected chi connectivity index (χ0v) is 13.8. The minimum atomic E-state index is -0.768. The number of benzene rings is 2. The van der Waals surface area contributed by atoms with Crippen molar-refractivity contribution < 1.29 is 23.9 Å². The van der Waals surface area contributed by atoms with Gasteiger partial charge >= 0.3 is 6.03 Å². The smallest absolute Gasteiger partial charge is 0.342 e. The van der Waals surface area contributed by atoms with Gasteiger partial charge in [-0.25, -0.2) is 14.6 Å². The second kappa shape index (κ2) is 6.64. The largest absolute Gasteiger partial charge is 0.495 e. The van der Waals surface area contributed by atoms with Gasteiger partial charge in [-0.1, -0.05) is 24.3 Å². The maximum absolute atomic E-state index is 13.0. The molecular formula is C18H16N2O5. The highest BCUT2D eigenvalue weighted by Gasteiger charge is 2.41. The number of nitrogens with zero attached hydrogens (tertiary/aromatic N) is 2. The fourth-order valence-corrected chi connectivity index (χ4v) is 2.70. The van der Waals surface area contributed by atoms with Crippen molar-refractivity contribution in [3.05, 3.63) is 48.5 Å². The number of carbonyl (C=O) groups excluding carboxylic acids is 3. The van der Waals surface area contributed by atoms with Crippen molar-refractivity contribution in [2.75, 3.05) is 24.0 Å². The number of ether oxygens (including phenoxy) is 2. The van der Waals surface area contributed by atoms with Crippen LogP contribution in [0.2, 0.25) is 0 Å². The molecule has 1 heterocycles. The van der Waals surface area contributed by atoms with Crippen LogP contribution in [-0.4, -0.2) is 32.1 Å². The molecule has 2 aromatic rings. The molecule has 7 nitrogen and oxygen atoms in total. The Bertz CT molecular complexity index is 781. The molecule has 4 amide bonds. The lowest BCUT2D eigenvalue weighted by atomic mass is 10.1. The molecule has 0 N–H and O–H groups in total. The number of urea groups is 1. The number of anilines is 2. The molecule has 0 spiro atoms. The third-order valence-corrected chi connectivity index (χ3v) is 3.84. The fourth-order valence-electron chi connectivity index (χ4n) is 2.70. The van der Waals surface area contributed by atoms with Gasteiger partial charge in [0, 0.05) is 0 Å². The number of imide groups is 2. The average Bonchev–Trinajstić information content (AvgIpc) is 2.62. The lowest BCUT2D eigenvalue weighted by Crippen LogP contribution is -2.55. The number of methoxy groups -OCH3 is 2. The monoisotopic (exact) mass is 340 g/mol. The molecule has 0 aliphatic carbocycles. The van der Waals surface area contributed by atoms with Crippen molar-refractivity contribution in [1.82, 2.24) is 0 Å². The lowest BCUT2D eigenvalue weighted by molar-refractivity contribution is -0.126. The molecule has 1 fully saturated rings. The van der Waals surface area contributed by atoms with Gasteiger partial charge in [-0.05, 0) is 24.3 Å². The number of hydrogen-bond acceptors (Lipinski definition) is 5. The van der Waals surface area contributed by atoms with Crippen molar-refractivity contribution in [2.45, 2.75) is 6.42 Å². The number of rotatable bonds is 4. The van der Waals surface area contributed by atoms with Gasteiger partial charge in [0.25, 0.3) is 0 Å². The molecule has 0 bridgehead atoms. The van der Waals surface area contributed by atoms with E-state index in [9.17, 15) is 14.4 Å². The minimum absolute atomic E-state index is 0.285. The summed E-state index contributed by atoms with van der Waals surface area (Å²) in [6.07, 6.45) is -0.429. The Morgan fingerprint density at radius 2 is 1.12 bits per heavy atom. The van der Waals surface area contributed by atoms with E-state index in [0.717, 1.165) is 9.80 Å². The Kier molecular flexibility index (Phi) is 4.38. The minimum Gasteiger partial charge on any atom is -0.495 e. The molecule has 1 aliphatic rings. The van der Waals surface area contributed by atoms with E-state index in [2.05, 4.69) is 0 Å². The van der Waals surface area contributed by atoms with E-state index in [1.165, 1.54) is 14.2 Å². The van der Waals surface area contributed by atoms with Crippen LogP contribution in [0.5, 0.6) is 11.5 Å². The summed E-state index contributed by atoms with van der Waals surface area (Å²) in [6, 6.07) is 12.5. The van der Waals surface area contributed by atoms with Crippen LogP contribution < -0.4 is 19.3 Å². The van der Waals surface area contributed by atoms with E-state index in [1.54, 1.807) is 48.5 Å². The second-order valence-electron chi connectivity index (χ2n) is 5.26. The molecule has 0 saturated carbocycles. The van der Waals surface area contributed by atoms with Gasteiger partial charge in [-0.3, -0.25) is 9.59 Å². The molecule has 0 aromatic heterocycles. The Labute approximate surface area is 144 Å². The summed E-state index contributed by atoms with van der Waals surface area (Å²) >= 11 is 0. The van der Waals surface area contributed by atoms with Gasteiger partial charge in [0.1, 0.15) is 17.9 Å². The van der Waals surface area contributed by atoms with Crippen LogP contribution in [0.1, 0.15) is 6.42 Å². The van der Waals surface area contributed by atoms with Crippen LogP contribution in [0, 0.1) is 0 Å². The summed E-state index contributed by atoms with van der Waals surface area (Å²) < 4.78 is 10.5. The van der Waals surface area contributed by atoms with E-state index in [4.69, 9.17) is 9.47 Å². The third kappa shape index (κ3) is 2.80. The Morgan fingerprint density at radius 1 is 0.720 bits per heavy atom. The maximum Gasteiger partial charge on any atom is 0.342 e. The first-order valence-electron chi connectivity index (χ1n) is 7.54. The molecule has 25 heavy (non-hydrogen) atoms. The maximum atomic E-state index is 13.0. The van der Waals surface area contributed by atoms with Gasteiger partial charge in [0.05, 0.1) is 25.6 Å². The van der Waals surface area contributed by atoms with E-state index < -0.39 is 24.3 Å². The molecule has 2 aromatic carbocycles. The standard InChI is InChI=1S/C18H16N2O5/c1-24-14-9-5-3-7-12(14)19-16(21)11-17(22)20(18(19)23)13-8-4-6-10-15(13)25-2/h3-10H,11H2,1-2H3. The van der Waals surface area contributed by atoms with Crippen LogP contribution >= 0.6 is 0 Å². The second-order valence-corrected chi connectivity index (χ2v) is 5.26. The molecule has 7 heteroatoms. The van der Waals surface area contributed by atoms with Gasteiger partial charge in [-0.15, -0.1) is 0 Å². The summed E-state index contributed by atoms with van der Waals surface area (Å²) in [5.74, 6) is -0.492. The van der Waals surface area contributed by atoms with Gasteiger partial charge < -0.3 is 9.47 Å². The summed E-state index contributed by atoms with van der Waals surface area (Å²) in [5.41, 5.74) is 0.569. The molecule has 3 rings (SSSR count). The Hall–Kier alpha value is -3.35. The van der Waals surface area contributed by atoms with Crippen LogP contribution in [0.15, 0.2) is 48.5 Å². The molecule has 0 atom stereocenters. The van der Waals surface area contributed by atoms with Crippen molar-refractivity contribution in [3.63, 3.8) is 0 Å². The van der Waals surface area contributed by atoms with Crippen molar-refractivity contribution in [3.8, 4) is 11.5 Å². The molecule has 0 radical (unpaired) electrons. The zero-order valence-electron chi connectivity index (χ0n) is 13.8. The zero-order chi connectivity index (χ0) is 18.0. The van der Waals surface area contributed by atoms with E-state index in [1.807, 2.05) is 0 Å². The number of para-hydroxylation sites is 4. The number of hydrogen-bond donors (Lipinski definition) is 0. The third-order valence-electron chi connectivity index (χ3n) is 3.84. The molecule has 0 unspecified atom stereocenters. The van der Waals surface area contributed by atoms with Gasteiger partial charge in [-0.2, -0.15) is 0 Å². The number of amides is 4. The Balaban J connectivity index is 2.09. The van der Waals surface area contributed by atoms with Crippen molar-refractivity contribution in [1.29, 1.82) is 0 Å². The normalized spacial score (nSPS) is 14.7. The van der Waals surface area contributed by atoms with Gasteiger partial charge in [0.2, 0.25) is 11.8 Å². The molecular weight excluding hydrogens is 324 g/mol. The van der Waals surface area contributed by atoms with Gasteiger partial charge in [0.15, 0.2) is 0 Å². The first-order valence-corrected chi connectivity index (χ1v) is 7.54. The predicted molar refractivity (Wildman–Crippen MR) is 91.0 cm³/mol. The predicted octanol–water partition coefficient (Wildman–Crippen LogP) is 2.59. The summed E-state index contributed by atoms with van der Waals surface area (Å²) in [5, 5.41) is 0. The Morgan fingerprint density at radius 3 is 1.52 bits per heavy atom. The highest BCUT2D eigenvalue weighted by Crippen LogP contribution is 2.35. The lowest BCUT2D eigenvalue weighted by Gasteiger charge is -2.33.